The van der Waals surface area contributed by atoms with Crippen LogP contribution in [0.2, 0.25) is 0 Å². The molecule has 0 aromatic carbocycles. The van der Waals surface area contributed by atoms with Gasteiger partial charge in [-0.3, -0.25) is 0 Å². The van der Waals surface area contributed by atoms with Crippen molar-refractivity contribution in [3.63, 3.8) is 0 Å². The Morgan fingerprint density at radius 2 is 2.12 bits per heavy atom. The smallest absolute Gasteiger partial charge is 0.251 e. The number of nitrogens with zero attached hydrogens (tertiary/aromatic N) is 1. The van der Waals surface area contributed by atoms with Crippen LogP contribution in [0.25, 0.3) is 0 Å². The van der Waals surface area contributed by atoms with Crippen molar-refractivity contribution in [1.29, 1.82) is 0 Å². The number of nitrogens with one attached hydrogen (secondary N) is 1. The first kappa shape index (κ1) is 15.0. The lowest BCUT2D eigenvalue weighted by molar-refractivity contribution is -0.701. The minimum absolute atomic E-state index is 1.14. The van der Waals surface area contributed by atoms with E-state index in [4.69, 9.17) is 13.0 Å². The van der Waals surface area contributed by atoms with Crippen molar-refractivity contribution >= 4 is 10.1 Å². The van der Waals surface area contributed by atoms with Crippen molar-refractivity contribution in [3.05, 3.63) is 18.2 Å². The molecule has 7 heteroatoms. The van der Waals surface area contributed by atoms with Gasteiger partial charge in [-0.25, -0.2) is 22.4 Å². The van der Waals surface area contributed by atoms with E-state index in [1.165, 1.54) is 18.7 Å². The summed E-state index contributed by atoms with van der Waals surface area (Å²) in [5.74, 6) is 1.24. The molecule has 0 aliphatic heterocycles. The number of H-pyrrole nitrogens is 1. The highest BCUT2D eigenvalue weighted by Gasteiger charge is 2.01. The number of aryl methyl sites for hydroxylation is 2. The number of rotatable bonds is 4. The van der Waals surface area contributed by atoms with Crippen LogP contribution in [0.3, 0.4) is 0 Å². The summed E-state index contributed by atoms with van der Waals surface area (Å²) in [5.41, 5.74) is 0. The Labute approximate surface area is 95.1 Å². The summed E-state index contributed by atoms with van der Waals surface area (Å²) < 4.78 is 40.0. The fourth-order valence-electron chi connectivity index (χ4n) is 1.01. The third-order valence-corrected chi connectivity index (χ3v) is 2.13. The molecule has 1 aromatic heterocycles. The molecule has 0 atom stereocenters. The summed E-state index contributed by atoms with van der Waals surface area (Å²) in [6.45, 7) is 5.45. The van der Waals surface area contributed by atoms with Gasteiger partial charge in [0.25, 0.3) is 5.82 Å². The summed E-state index contributed by atoms with van der Waals surface area (Å²) in [7, 11) is -4.58. The second-order valence-electron chi connectivity index (χ2n) is 3.26. The highest BCUT2D eigenvalue weighted by atomic mass is 32.2. The Balaban J connectivity index is 0.000000325. The highest BCUT2D eigenvalue weighted by Crippen LogP contribution is 1.88. The average Bonchev–Trinajstić information content (AvgIpc) is 2.61. The van der Waals surface area contributed by atoms with Crippen molar-refractivity contribution in [1.82, 2.24) is 4.98 Å². The first-order chi connectivity index (χ1) is 7.40. The molecule has 0 amide bonds. The quantitative estimate of drug-likeness (QED) is 0.638. The first-order valence-electron chi connectivity index (χ1n) is 4.93. The predicted octanol–water partition coefficient (Wildman–Crippen LogP) is 0.869. The van der Waals surface area contributed by atoms with E-state index in [1.54, 1.807) is 0 Å². The Bertz CT molecular complexity index is 389. The molecule has 16 heavy (non-hydrogen) atoms. The summed E-state index contributed by atoms with van der Waals surface area (Å²) in [6, 6.07) is -1.81. The lowest BCUT2D eigenvalue weighted by Crippen LogP contribution is -2.34. The van der Waals surface area contributed by atoms with E-state index in [9.17, 15) is 4.39 Å². The van der Waals surface area contributed by atoms with Gasteiger partial charge in [-0.1, -0.05) is 13.3 Å². The van der Waals surface area contributed by atoms with Crippen molar-refractivity contribution in [2.75, 3.05) is 6.01 Å². The van der Waals surface area contributed by atoms with Crippen molar-refractivity contribution in [2.24, 2.45) is 0 Å². The van der Waals surface area contributed by atoms with Crippen LogP contribution in [-0.2, 0) is 16.7 Å². The van der Waals surface area contributed by atoms with Crippen molar-refractivity contribution in [3.8, 4) is 0 Å². The Hall–Kier alpha value is -0.950. The molecule has 0 aliphatic carbocycles. The Kier molecular flexibility index (Phi) is 6.91. The number of halogens is 1. The molecule has 1 aromatic rings. The zero-order chi connectivity index (χ0) is 12.6. The summed E-state index contributed by atoms with van der Waals surface area (Å²) in [4.78, 5) is 3.14. The van der Waals surface area contributed by atoms with Gasteiger partial charge in [0.05, 0.1) is 6.54 Å². The number of aromatic amines is 1. The van der Waals surface area contributed by atoms with Crippen LogP contribution < -0.4 is 4.57 Å². The van der Waals surface area contributed by atoms with E-state index in [0.29, 0.717) is 0 Å². The van der Waals surface area contributed by atoms with E-state index in [-0.39, 0.29) is 0 Å². The number of unbranched alkanes of at least 4 members (excludes halogenated alkanes) is 1. The average molecular weight is 252 g/mol. The van der Waals surface area contributed by atoms with Crippen LogP contribution in [0.15, 0.2) is 12.4 Å². The van der Waals surface area contributed by atoms with E-state index >= 15 is 0 Å². The molecule has 0 aliphatic rings. The molecule has 0 radical (unpaired) electrons. The molecule has 1 rings (SSSR count). The monoisotopic (exact) mass is 252 g/mol. The lowest BCUT2D eigenvalue weighted by Gasteiger charge is -1.94. The van der Waals surface area contributed by atoms with Crippen LogP contribution in [0.4, 0.5) is 4.39 Å². The van der Waals surface area contributed by atoms with Gasteiger partial charge in [-0.2, -0.15) is 0 Å². The predicted molar refractivity (Wildman–Crippen MR) is 56.3 cm³/mol. The molecule has 0 spiro atoms. The molecule has 1 heterocycles. The number of alkyl halides is 1. The lowest BCUT2D eigenvalue weighted by atomic mass is 10.3. The molecular weight excluding hydrogens is 235 g/mol. The molecule has 0 saturated carbocycles. The zero-order valence-corrected chi connectivity index (χ0v) is 10.3. The molecule has 1 N–H and O–H groups in total. The maximum absolute atomic E-state index is 10.6. The van der Waals surface area contributed by atoms with E-state index in [1.807, 2.05) is 6.20 Å². The van der Waals surface area contributed by atoms with Gasteiger partial charge in [0, 0.05) is 6.92 Å². The summed E-state index contributed by atoms with van der Waals surface area (Å²) in [5, 5.41) is 0. The van der Waals surface area contributed by atoms with Crippen molar-refractivity contribution in [2.45, 2.75) is 33.2 Å². The second kappa shape index (κ2) is 7.34. The minimum atomic E-state index is -4.58. The normalized spacial score (nSPS) is 10.8. The molecule has 0 unspecified atom stereocenters. The van der Waals surface area contributed by atoms with Gasteiger partial charge >= 0.3 is 0 Å². The van der Waals surface area contributed by atoms with Gasteiger partial charge in [0.1, 0.15) is 22.5 Å². The topological polar surface area (TPSA) is 76.9 Å². The van der Waals surface area contributed by atoms with Gasteiger partial charge < -0.3 is 4.55 Å². The highest BCUT2D eigenvalue weighted by molar-refractivity contribution is 7.85. The van der Waals surface area contributed by atoms with E-state index < -0.39 is 16.1 Å². The molecule has 0 fully saturated rings. The van der Waals surface area contributed by atoms with Gasteiger partial charge in [-0.15, -0.1) is 0 Å². The molecular formula is C9H17FN2O3S. The maximum atomic E-state index is 10.6. The Morgan fingerprint density at radius 3 is 2.44 bits per heavy atom. The number of hydrogen-bond acceptors (Lipinski definition) is 3. The Morgan fingerprint density at radius 1 is 1.56 bits per heavy atom. The number of imidazole rings is 1. The van der Waals surface area contributed by atoms with Gasteiger partial charge in [0.15, 0.2) is 6.01 Å². The molecule has 5 nitrogen and oxygen atoms in total. The van der Waals surface area contributed by atoms with Crippen LogP contribution >= 0.6 is 0 Å². The van der Waals surface area contributed by atoms with Crippen molar-refractivity contribution < 1.29 is 21.9 Å². The van der Waals surface area contributed by atoms with Crippen LogP contribution in [0, 0.1) is 6.92 Å². The van der Waals surface area contributed by atoms with Gasteiger partial charge in [0.2, 0.25) is 0 Å². The van der Waals surface area contributed by atoms with Crippen LogP contribution in [0.1, 0.15) is 25.6 Å². The summed E-state index contributed by atoms with van der Waals surface area (Å²) in [6.07, 6.45) is 6.59. The van der Waals surface area contributed by atoms with E-state index in [0.717, 1.165) is 6.54 Å². The maximum Gasteiger partial charge on any atom is 0.251 e. The van der Waals surface area contributed by atoms with E-state index in [2.05, 4.69) is 29.6 Å². The third-order valence-electron chi connectivity index (χ3n) is 1.86. The zero-order valence-electron chi connectivity index (χ0n) is 9.44. The number of aromatic nitrogens is 2. The summed E-state index contributed by atoms with van der Waals surface area (Å²) >= 11 is 0. The van der Waals surface area contributed by atoms with Gasteiger partial charge in [-0.05, 0) is 6.42 Å². The molecule has 0 saturated heterocycles. The fraction of sp³-hybridized carbons (Fsp3) is 0.667. The van der Waals surface area contributed by atoms with Crippen LogP contribution in [-0.4, -0.2) is 24.0 Å². The molecule has 0 bridgehead atoms. The fourth-order valence-corrected chi connectivity index (χ4v) is 1.01. The SMILES string of the molecule is CCCC[n+]1cc[nH]c1C.O=S(=O)([O-])CF. The second-order valence-corrected chi connectivity index (χ2v) is 4.59. The molecule has 94 valence electrons. The minimum Gasteiger partial charge on any atom is -0.746 e. The van der Waals surface area contributed by atoms with Crippen LogP contribution in [0.5, 0.6) is 0 Å². The standard InChI is InChI=1S/C8H14N2.CH3FO3S/c1-3-4-6-10-7-5-9-8(10)2;2-1-6(3,4)5/h5,7H,3-4,6H2,1-2H3;1H2,(H,3,4,5). The first-order valence-corrected chi connectivity index (χ1v) is 6.51. The number of hydrogen-bond donors (Lipinski definition) is 1. The third kappa shape index (κ3) is 7.36. The largest absolute Gasteiger partial charge is 0.746 e.